The van der Waals surface area contributed by atoms with Crippen LogP contribution in [0.1, 0.15) is 12.8 Å². The van der Waals surface area contributed by atoms with E-state index in [0.717, 1.165) is 12.1 Å². The lowest BCUT2D eigenvalue weighted by molar-refractivity contribution is -0.131. The first-order chi connectivity index (χ1) is 12.5. The minimum absolute atomic E-state index is 0.0936. The number of benzene rings is 2. The van der Waals surface area contributed by atoms with Gasteiger partial charge in [-0.25, -0.2) is 8.78 Å². The number of anilines is 2. The number of carbonyl (C=O) groups excluding carboxylic acids is 2. The molecule has 2 amide bonds. The summed E-state index contributed by atoms with van der Waals surface area (Å²) < 4.78 is 36.7. The zero-order valence-electron chi connectivity index (χ0n) is 13.5. The van der Waals surface area contributed by atoms with Gasteiger partial charge in [-0.3, -0.25) is 9.59 Å². The molecule has 8 heteroatoms. The quantitative estimate of drug-likeness (QED) is 0.822. The summed E-state index contributed by atoms with van der Waals surface area (Å²) in [7, 11) is 0. The fourth-order valence-corrected chi connectivity index (χ4v) is 2.73. The second-order valence-electron chi connectivity index (χ2n) is 6.19. The van der Waals surface area contributed by atoms with Crippen LogP contribution in [0.5, 0.6) is 11.5 Å². The predicted octanol–water partition coefficient (Wildman–Crippen LogP) is 3.05. The smallest absolute Gasteiger partial charge is 0.240 e. The van der Waals surface area contributed by atoms with Gasteiger partial charge >= 0.3 is 0 Å². The summed E-state index contributed by atoms with van der Waals surface area (Å²) in [4.78, 5) is 25.1. The summed E-state index contributed by atoms with van der Waals surface area (Å²) in [6.07, 6.45) is 0.748. The highest BCUT2D eigenvalue weighted by atomic mass is 19.2. The van der Waals surface area contributed by atoms with Gasteiger partial charge in [0.2, 0.25) is 18.6 Å². The lowest BCUT2D eigenvalue weighted by Gasteiger charge is -2.16. The zero-order valence-corrected chi connectivity index (χ0v) is 13.5. The summed E-state index contributed by atoms with van der Waals surface area (Å²) in [6, 6.07) is 7.95. The van der Waals surface area contributed by atoms with Crippen LogP contribution in [0.2, 0.25) is 0 Å². The Morgan fingerprint density at radius 3 is 2.12 bits per heavy atom. The Balaban J connectivity index is 1.46. The van der Waals surface area contributed by atoms with Gasteiger partial charge in [-0.1, -0.05) is 0 Å². The highest BCUT2D eigenvalue weighted by Gasteiger charge is 2.56. The number of nitrogens with one attached hydrogen (secondary N) is 2. The Morgan fingerprint density at radius 1 is 0.846 bits per heavy atom. The van der Waals surface area contributed by atoms with Crippen molar-refractivity contribution in [2.75, 3.05) is 17.4 Å². The Labute approximate surface area is 147 Å². The molecule has 0 aromatic heterocycles. The topological polar surface area (TPSA) is 76.7 Å². The first-order valence-corrected chi connectivity index (χ1v) is 7.95. The summed E-state index contributed by atoms with van der Waals surface area (Å²) in [5, 5.41) is 5.16. The van der Waals surface area contributed by atoms with E-state index in [4.69, 9.17) is 9.47 Å². The largest absolute Gasteiger partial charge is 0.454 e. The van der Waals surface area contributed by atoms with Crippen LogP contribution in [0, 0.1) is 17.0 Å². The average molecular weight is 360 g/mol. The minimum atomic E-state index is -1.22. The number of rotatable bonds is 4. The van der Waals surface area contributed by atoms with Crippen LogP contribution >= 0.6 is 0 Å². The van der Waals surface area contributed by atoms with Gasteiger partial charge in [0.15, 0.2) is 23.1 Å². The molecule has 2 aromatic rings. The van der Waals surface area contributed by atoms with E-state index in [1.54, 1.807) is 18.2 Å². The molecule has 1 aliphatic heterocycles. The molecule has 2 aliphatic rings. The van der Waals surface area contributed by atoms with Gasteiger partial charge in [0, 0.05) is 23.5 Å². The van der Waals surface area contributed by atoms with Crippen LogP contribution in [0.15, 0.2) is 36.4 Å². The summed E-state index contributed by atoms with van der Waals surface area (Å²) in [5.41, 5.74) is -0.650. The maximum atomic E-state index is 13.3. The van der Waals surface area contributed by atoms with Crippen molar-refractivity contribution < 1.29 is 27.8 Å². The minimum Gasteiger partial charge on any atom is -0.454 e. The van der Waals surface area contributed by atoms with Gasteiger partial charge in [-0.05, 0) is 37.1 Å². The van der Waals surface area contributed by atoms with Gasteiger partial charge in [0.1, 0.15) is 5.41 Å². The molecule has 6 nitrogen and oxygen atoms in total. The van der Waals surface area contributed by atoms with Crippen LogP contribution in [-0.4, -0.2) is 18.6 Å². The predicted molar refractivity (Wildman–Crippen MR) is 87.8 cm³/mol. The van der Waals surface area contributed by atoms with Gasteiger partial charge in [0.05, 0.1) is 0 Å². The molecule has 1 aliphatic carbocycles. The normalized spacial score (nSPS) is 16.1. The third-order valence-corrected chi connectivity index (χ3v) is 4.43. The average Bonchev–Trinajstić information content (AvgIpc) is 3.31. The molecule has 0 atom stereocenters. The second kappa shape index (κ2) is 5.98. The van der Waals surface area contributed by atoms with Crippen molar-refractivity contribution in [1.29, 1.82) is 0 Å². The molecule has 0 saturated heterocycles. The molecule has 1 fully saturated rings. The third kappa shape index (κ3) is 2.83. The highest BCUT2D eigenvalue weighted by Crippen LogP contribution is 2.48. The Bertz CT molecular complexity index is 912. The van der Waals surface area contributed by atoms with Crippen LogP contribution in [0.4, 0.5) is 20.2 Å². The molecule has 0 unspecified atom stereocenters. The summed E-state index contributed by atoms with van der Waals surface area (Å²) >= 11 is 0. The van der Waals surface area contributed by atoms with E-state index in [0.29, 0.717) is 30.0 Å². The van der Waals surface area contributed by atoms with E-state index in [1.807, 2.05) is 0 Å². The molecule has 0 bridgehead atoms. The Kier molecular flexibility index (Phi) is 3.75. The number of hydrogen-bond acceptors (Lipinski definition) is 4. The van der Waals surface area contributed by atoms with Crippen molar-refractivity contribution >= 4 is 23.2 Å². The molecule has 4 rings (SSSR count). The lowest BCUT2D eigenvalue weighted by atomic mass is 10.0. The van der Waals surface area contributed by atoms with Crippen molar-refractivity contribution in [3.8, 4) is 11.5 Å². The third-order valence-electron chi connectivity index (χ3n) is 4.43. The fourth-order valence-electron chi connectivity index (χ4n) is 2.73. The van der Waals surface area contributed by atoms with Gasteiger partial charge in [0.25, 0.3) is 0 Å². The van der Waals surface area contributed by atoms with Crippen LogP contribution in [0.3, 0.4) is 0 Å². The molecule has 1 heterocycles. The number of fused-ring (bicyclic) bond motifs is 1. The first-order valence-electron chi connectivity index (χ1n) is 7.95. The van der Waals surface area contributed by atoms with Gasteiger partial charge in [-0.2, -0.15) is 0 Å². The van der Waals surface area contributed by atoms with E-state index in [2.05, 4.69) is 10.6 Å². The SMILES string of the molecule is O=C(Nc1ccc(F)c(F)c1)C1(C(=O)Nc2ccc3c(c2)OCO3)CC1. The van der Waals surface area contributed by atoms with Gasteiger partial charge in [-0.15, -0.1) is 0 Å². The number of hydrogen-bond donors (Lipinski definition) is 2. The van der Waals surface area contributed by atoms with E-state index in [1.165, 1.54) is 6.07 Å². The van der Waals surface area contributed by atoms with E-state index < -0.39 is 28.9 Å². The van der Waals surface area contributed by atoms with E-state index >= 15 is 0 Å². The standard InChI is InChI=1S/C18H14F2N2O4/c19-12-3-1-10(7-13(12)20)21-16(23)18(5-6-18)17(24)22-11-2-4-14-15(8-11)26-9-25-14/h1-4,7-8H,5-6,9H2,(H,21,23)(H,22,24). The molecule has 26 heavy (non-hydrogen) atoms. The maximum Gasteiger partial charge on any atom is 0.240 e. The summed E-state index contributed by atoms with van der Waals surface area (Å²) in [6.45, 7) is 0.118. The second-order valence-corrected chi connectivity index (χ2v) is 6.19. The number of halogens is 2. The van der Waals surface area contributed by atoms with Crippen molar-refractivity contribution in [3.63, 3.8) is 0 Å². The van der Waals surface area contributed by atoms with E-state index in [-0.39, 0.29) is 12.5 Å². The molecule has 2 N–H and O–H groups in total. The first kappa shape index (κ1) is 16.3. The molecule has 2 aromatic carbocycles. The molecule has 1 saturated carbocycles. The number of ether oxygens (including phenoxy) is 2. The van der Waals surface area contributed by atoms with Crippen molar-refractivity contribution in [2.45, 2.75) is 12.8 Å². The van der Waals surface area contributed by atoms with Gasteiger partial charge < -0.3 is 20.1 Å². The number of carbonyl (C=O) groups is 2. The molecular formula is C18H14F2N2O4. The molecular weight excluding hydrogens is 346 g/mol. The van der Waals surface area contributed by atoms with Crippen molar-refractivity contribution in [1.82, 2.24) is 0 Å². The highest BCUT2D eigenvalue weighted by molar-refractivity contribution is 6.16. The van der Waals surface area contributed by atoms with Crippen molar-refractivity contribution in [3.05, 3.63) is 48.0 Å². The Morgan fingerprint density at radius 2 is 1.46 bits per heavy atom. The van der Waals surface area contributed by atoms with Crippen LogP contribution in [0.25, 0.3) is 0 Å². The molecule has 0 spiro atoms. The Hall–Kier alpha value is -3.16. The fraction of sp³-hybridized carbons (Fsp3) is 0.222. The monoisotopic (exact) mass is 360 g/mol. The van der Waals surface area contributed by atoms with E-state index in [9.17, 15) is 18.4 Å². The van der Waals surface area contributed by atoms with Crippen LogP contribution < -0.4 is 20.1 Å². The molecule has 134 valence electrons. The van der Waals surface area contributed by atoms with Crippen LogP contribution in [-0.2, 0) is 9.59 Å². The molecule has 0 radical (unpaired) electrons. The number of amides is 2. The van der Waals surface area contributed by atoms with Crippen molar-refractivity contribution in [2.24, 2.45) is 5.41 Å². The summed E-state index contributed by atoms with van der Waals surface area (Å²) in [5.74, 6) is -2.00. The maximum absolute atomic E-state index is 13.3. The zero-order chi connectivity index (χ0) is 18.3. The lowest BCUT2D eigenvalue weighted by Crippen LogP contribution is -2.35.